The maximum absolute atomic E-state index is 14.2. The molecule has 11 nitrogen and oxygen atoms in total. The number of Topliss-reactive ketones (excluding diaryl/α,β-unsaturated/α-hetero) is 2. The molecule has 0 aromatic carbocycles. The number of hydrogen-bond donors (Lipinski definition) is 2. The summed E-state index contributed by atoms with van der Waals surface area (Å²) in [5, 5.41) is 23.6. The van der Waals surface area contributed by atoms with E-state index in [0.29, 0.717) is 37.2 Å². The van der Waals surface area contributed by atoms with E-state index in [2.05, 4.69) is 19.9 Å². The van der Waals surface area contributed by atoms with Crippen LogP contribution >= 0.6 is 0 Å². The van der Waals surface area contributed by atoms with Crippen molar-refractivity contribution in [3.8, 4) is 0 Å². The molecule has 4 aliphatic rings. The molecule has 0 radical (unpaired) electrons. The Morgan fingerprint density at radius 1 is 0.926 bits per heavy atom. The van der Waals surface area contributed by atoms with Crippen LogP contribution < -0.4 is 0 Å². The Kier molecular flexibility index (Phi) is 16.5. The van der Waals surface area contributed by atoms with Crippen LogP contribution in [-0.2, 0) is 38.1 Å². The first-order chi connectivity index (χ1) is 25.6. The van der Waals surface area contributed by atoms with Gasteiger partial charge in [0, 0.05) is 39.0 Å². The summed E-state index contributed by atoms with van der Waals surface area (Å²) in [6.45, 7) is 11.6. The van der Waals surface area contributed by atoms with Gasteiger partial charge in [-0.2, -0.15) is 0 Å². The number of rotatable bonds is 5. The van der Waals surface area contributed by atoms with Crippen molar-refractivity contribution in [2.45, 2.75) is 174 Å². The predicted molar refractivity (Wildman–Crippen MR) is 205 cm³/mol. The Hall–Kier alpha value is -2.44. The normalized spacial score (nSPS) is 39.1. The Labute approximate surface area is 323 Å². The quantitative estimate of drug-likeness (QED) is 0.142. The number of ketones is 2. The number of esters is 1. The highest BCUT2D eigenvalue weighted by Crippen LogP contribution is 2.39. The molecule has 1 amide bonds. The third-order valence-electron chi connectivity index (χ3n) is 12.7. The SMILES string of the molecule is CC/C1=C\C(C)CC(C)CC(OC)C2OC(O)(C(=O)C(=O)N3CCCCC3C(=O)OC(C(C)=CC3CCCCCC3)C(C)C(O)CC1=O)C(C)CC2OC. The van der Waals surface area contributed by atoms with E-state index >= 15 is 0 Å². The van der Waals surface area contributed by atoms with E-state index in [0.717, 1.165) is 37.7 Å². The fraction of sp³-hybridized carbons (Fsp3) is 0.814. The van der Waals surface area contributed by atoms with E-state index < -0.39 is 71.8 Å². The number of aliphatic hydroxyl groups excluding tert-OH is 1. The predicted octanol–water partition coefficient (Wildman–Crippen LogP) is 6.27. The Morgan fingerprint density at radius 2 is 1.56 bits per heavy atom. The largest absolute Gasteiger partial charge is 0.456 e. The molecule has 54 heavy (non-hydrogen) atoms. The van der Waals surface area contributed by atoms with E-state index in [9.17, 15) is 29.4 Å². The third kappa shape index (κ3) is 10.7. The van der Waals surface area contributed by atoms with Crippen molar-refractivity contribution in [2.75, 3.05) is 20.8 Å². The molecule has 0 aromatic heterocycles. The van der Waals surface area contributed by atoms with Gasteiger partial charge in [-0.05, 0) is 93.6 Å². The molecule has 11 heteroatoms. The van der Waals surface area contributed by atoms with Crippen LogP contribution in [0.4, 0.5) is 0 Å². The molecule has 3 aliphatic heterocycles. The fourth-order valence-electron chi connectivity index (χ4n) is 9.35. The van der Waals surface area contributed by atoms with Crippen molar-refractivity contribution in [3.05, 3.63) is 23.3 Å². The number of amides is 1. The smallest absolute Gasteiger partial charge is 0.329 e. The summed E-state index contributed by atoms with van der Waals surface area (Å²) in [4.78, 5) is 57.6. The van der Waals surface area contributed by atoms with Crippen LogP contribution in [-0.4, -0.2) is 102 Å². The average molecular weight is 760 g/mol. The van der Waals surface area contributed by atoms with Gasteiger partial charge in [-0.1, -0.05) is 72.5 Å². The minimum absolute atomic E-state index is 0.0255. The van der Waals surface area contributed by atoms with Crippen molar-refractivity contribution in [1.29, 1.82) is 0 Å². The molecule has 0 spiro atoms. The Bertz CT molecular complexity index is 1350. The van der Waals surface area contributed by atoms with E-state index in [1.54, 1.807) is 28.1 Å². The number of ether oxygens (including phenoxy) is 4. The summed E-state index contributed by atoms with van der Waals surface area (Å²) < 4.78 is 24.3. The molecule has 1 saturated carbocycles. The zero-order valence-electron chi connectivity index (χ0n) is 34.2. The second-order valence-electron chi connectivity index (χ2n) is 17.0. The van der Waals surface area contributed by atoms with Gasteiger partial charge >= 0.3 is 5.97 Å². The summed E-state index contributed by atoms with van der Waals surface area (Å²) in [7, 11) is 3.10. The number of carbonyl (C=O) groups excluding carboxylic acids is 4. The summed E-state index contributed by atoms with van der Waals surface area (Å²) in [6.07, 6.45) is 10.3. The van der Waals surface area contributed by atoms with Crippen LogP contribution in [0.5, 0.6) is 0 Å². The number of methoxy groups -OCH3 is 2. The van der Waals surface area contributed by atoms with E-state index in [4.69, 9.17) is 18.9 Å². The topological polar surface area (TPSA) is 149 Å². The molecule has 2 bridgehead atoms. The van der Waals surface area contributed by atoms with Gasteiger partial charge < -0.3 is 34.1 Å². The molecule has 2 N–H and O–H groups in total. The number of carbonyl (C=O) groups is 4. The van der Waals surface area contributed by atoms with Crippen molar-refractivity contribution >= 4 is 23.4 Å². The summed E-state index contributed by atoms with van der Waals surface area (Å²) >= 11 is 0. The van der Waals surface area contributed by atoms with Gasteiger partial charge in [0.15, 0.2) is 5.78 Å². The molecule has 3 fully saturated rings. The van der Waals surface area contributed by atoms with Crippen LogP contribution in [0.25, 0.3) is 0 Å². The minimum atomic E-state index is -2.47. The van der Waals surface area contributed by atoms with Gasteiger partial charge in [0.2, 0.25) is 5.79 Å². The highest BCUT2D eigenvalue weighted by atomic mass is 16.7. The third-order valence-corrected chi connectivity index (χ3v) is 12.7. The molecular formula is C43H69NO10. The van der Waals surface area contributed by atoms with Crippen LogP contribution in [0.15, 0.2) is 23.3 Å². The molecule has 2 saturated heterocycles. The number of fused-ring (bicyclic) bond motifs is 3. The van der Waals surface area contributed by atoms with Crippen LogP contribution in [0.2, 0.25) is 0 Å². The standard InChI is InChI=1S/C43H69NO10/c1-9-32-21-26(2)20-27(3)22-36(51-7)39-37(52-8)24-29(5)43(50,54-39)40(47)41(48)44-19-15-14-18-33(44)42(49)53-38(30(6)34(45)25-35(32)46)28(4)23-31-16-12-10-11-13-17-31/h21,23,26-27,29-31,33-34,36-39,45,50H,9-20,22,24-25H2,1-8H3/b28-23?,32-21+. The van der Waals surface area contributed by atoms with Gasteiger partial charge in [0.1, 0.15) is 18.2 Å². The summed E-state index contributed by atoms with van der Waals surface area (Å²) in [5.74, 6) is -6.41. The number of cyclic esters (lactones) is 1. The number of hydrogen-bond acceptors (Lipinski definition) is 10. The van der Waals surface area contributed by atoms with Gasteiger partial charge in [-0.3, -0.25) is 14.4 Å². The molecule has 11 unspecified atom stereocenters. The van der Waals surface area contributed by atoms with Crippen molar-refractivity contribution in [2.24, 2.45) is 29.6 Å². The summed E-state index contributed by atoms with van der Waals surface area (Å²) in [5.41, 5.74) is 1.45. The average Bonchev–Trinajstić information content (AvgIpc) is 3.42. The maximum atomic E-state index is 14.2. The molecule has 1 aliphatic carbocycles. The minimum Gasteiger partial charge on any atom is -0.456 e. The van der Waals surface area contributed by atoms with Gasteiger partial charge in [-0.15, -0.1) is 0 Å². The van der Waals surface area contributed by atoms with Crippen molar-refractivity contribution in [3.63, 3.8) is 0 Å². The highest BCUT2D eigenvalue weighted by molar-refractivity contribution is 6.39. The Morgan fingerprint density at radius 3 is 2.19 bits per heavy atom. The lowest BCUT2D eigenvalue weighted by Gasteiger charge is -2.47. The van der Waals surface area contributed by atoms with Gasteiger partial charge in [-0.25, -0.2) is 4.79 Å². The van der Waals surface area contributed by atoms with Crippen molar-refractivity contribution in [1.82, 2.24) is 4.90 Å². The monoisotopic (exact) mass is 759 g/mol. The first-order valence-electron chi connectivity index (χ1n) is 20.8. The maximum Gasteiger partial charge on any atom is 0.329 e. The number of piperidine rings is 1. The lowest BCUT2D eigenvalue weighted by Crippen LogP contribution is -2.64. The van der Waals surface area contributed by atoms with Gasteiger partial charge in [0.05, 0.1) is 18.3 Å². The second kappa shape index (κ2) is 20.1. The molecule has 3 heterocycles. The van der Waals surface area contributed by atoms with Gasteiger partial charge in [0.25, 0.3) is 11.7 Å². The van der Waals surface area contributed by atoms with Crippen LogP contribution in [0.1, 0.15) is 131 Å². The van der Waals surface area contributed by atoms with Crippen LogP contribution in [0, 0.1) is 29.6 Å². The highest BCUT2D eigenvalue weighted by Gasteiger charge is 2.56. The lowest BCUT2D eigenvalue weighted by atomic mass is 9.81. The lowest BCUT2D eigenvalue weighted by molar-refractivity contribution is -0.302. The van der Waals surface area contributed by atoms with E-state index in [1.807, 2.05) is 19.9 Å². The second-order valence-corrected chi connectivity index (χ2v) is 17.0. The first kappa shape index (κ1) is 44.3. The van der Waals surface area contributed by atoms with E-state index in [-0.39, 0.29) is 43.4 Å². The number of nitrogens with zero attached hydrogens (tertiary/aromatic N) is 1. The fourth-order valence-corrected chi connectivity index (χ4v) is 9.35. The molecule has 0 aromatic rings. The summed E-state index contributed by atoms with van der Waals surface area (Å²) in [6, 6.07) is -1.07. The van der Waals surface area contributed by atoms with E-state index in [1.165, 1.54) is 17.7 Å². The number of allylic oxidation sites excluding steroid dienone is 3. The first-order valence-corrected chi connectivity index (χ1v) is 20.8. The zero-order chi connectivity index (χ0) is 39.7. The molecule has 11 atom stereocenters. The Balaban J connectivity index is 1.76. The molecule has 306 valence electrons. The zero-order valence-corrected chi connectivity index (χ0v) is 34.2. The van der Waals surface area contributed by atoms with Crippen molar-refractivity contribution < 1.29 is 48.3 Å². The van der Waals surface area contributed by atoms with Crippen LogP contribution in [0.3, 0.4) is 0 Å². The molecule has 4 rings (SSSR count). The molecular weight excluding hydrogens is 690 g/mol. The number of aliphatic hydroxyl groups is 2.